The van der Waals surface area contributed by atoms with E-state index >= 15 is 0 Å². The Hall–Kier alpha value is 0.260. The van der Waals surface area contributed by atoms with Crippen molar-refractivity contribution in [2.75, 3.05) is 13.1 Å². The lowest BCUT2D eigenvalue weighted by Gasteiger charge is -2.16. The maximum Gasteiger partial charge on any atom is 0.327 e. The molecule has 0 aromatic carbocycles. The van der Waals surface area contributed by atoms with Crippen LogP contribution in [0.2, 0.25) is 0 Å². The standard InChI is InChI=1S/C6H12BrF2NO/c1-2-3-10-4-5(11)6(7,8)9/h5,10-11H,2-4H2,1H3. The van der Waals surface area contributed by atoms with Gasteiger partial charge in [-0.15, -0.1) is 0 Å². The largest absolute Gasteiger partial charge is 0.385 e. The summed E-state index contributed by atoms with van der Waals surface area (Å²) in [6, 6.07) is 0. The van der Waals surface area contributed by atoms with E-state index in [9.17, 15) is 8.78 Å². The van der Waals surface area contributed by atoms with E-state index in [1.165, 1.54) is 0 Å². The predicted octanol–water partition coefficient (Wildman–Crippen LogP) is 1.33. The lowest BCUT2D eigenvalue weighted by atomic mass is 10.3. The summed E-state index contributed by atoms with van der Waals surface area (Å²) < 4.78 is 24.3. The monoisotopic (exact) mass is 231 g/mol. The molecule has 0 aliphatic heterocycles. The van der Waals surface area contributed by atoms with Crippen molar-refractivity contribution in [2.45, 2.75) is 24.3 Å². The number of hydrogen-bond donors (Lipinski definition) is 2. The summed E-state index contributed by atoms with van der Waals surface area (Å²) in [4.78, 5) is -3.19. The molecule has 1 atom stereocenters. The highest BCUT2D eigenvalue weighted by Crippen LogP contribution is 2.25. The van der Waals surface area contributed by atoms with Gasteiger partial charge in [0.15, 0.2) is 0 Å². The number of aliphatic hydroxyl groups is 1. The fourth-order valence-electron chi connectivity index (χ4n) is 0.531. The third kappa shape index (κ3) is 5.52. The summed E-state index contributed by atoms with van der Waals surface area (Å²) in [5, 5.41) is 11.4. The molecule has 0 rings (SSSR count). The average molecular weight is 232 g/mol. The second-order valence-corrected chi connectivity index (χ2v) is 3.32. The van der Waals surface area contributed by atoms with Crippen molar-refractivity contribution in [1.82, 2.24) is 5.32 Å². The van der Waals surface area contributed by atoms with Gasteiger partial charge in [0, 0.05) is 6.54 Å². The molecule has 68 valence electrons. The number of nitrogens with one attached hydrogen (secondary N) is 1. The minimum atomic E-state index is -3.19. The van der Waals surface area contributed by atoms with Gasteiger partial charge in [-0.3, -0.25) is 0 Å². The lowest BCUT2D eigenvalue weighted by molar-refractivity contribution is -0.0262. The lowest BCUT2D eigenvalue weighted by Crippen LogP contribution is -2.37. The highest BCUT2D eigenvalue weighted by Gasteiger charge is 2.34. The zero-order valence-electron chi connectivity index (χ0n) is 6.28. The minimum absolute atomic E-state index is 0.0912. The molecule has 0 bridgehead atoms. The molecular weight excluding hydrogens is 220 g/mol. The summed E-state index contributed by atoms with van der Waals surface area (Å²) in [5.41, 5.74) is 0. The van der Waals surface area contributed by atoms with Crippen molar-refractivity contribution in [3.05, 3.63) is 0 Å². The van der Waals surface area contributed by atoms with E-state index in [0.29, 0.717) is 6.54 Å². The molecule has 0 amide bonds. The molecule has 0 aliphatic carbocycles. The van der Waals surface area contributed by atoms with Gasteiger partial charge in [0.1, 0.15) is 6.10 Å². The summed E-state index contributed by atoms with van der Waals surface area (Å²) in [6.45, 7) is 2.47. The highest BCUT2D eigenvalue weighted by molar-refractivity contribution is 9.10. The topological polar surface area (TPSA) is 32.3 Å². The maximum atomic E-state index is 12.2. The Bertz CT molecular complexity index is 107. The summed E-state index contributed by atoms with van der Waals surface area (Å²) in [6.07, 6.45) is -0.797. The van der Waals surface area contributed by atoms with Gasteiger partial charge < -0.3 is 10.4 Å². The second kappa shape index (κ2) is 5.00. The molecule has 11 heavy (non-hydrogen) atoms. The van der Waals surface area contributed by atoms with Crippen LogP contribution in [-0.4, -0.2) is 29.1 Å². The smallest absolute Gasteiger partial charge is 0.327 e. The summed E-state index contributed by atoms with van der Waals surface area (Å²) in [7, 11) is 0. The van der Waals surface area contributed by atoms with Gasteiger partial charge in [-0.1, -0.05) is 6.92 Å². The van der Waals surface area contributed by atoms with E-state index in [1.54, 1.807) is 0 Å². The Balaban J connectivity index is 3.44. The second-order valence-electron chi connectivity index (χ2n) is 2.26. The third-order valence-corrected chi connectivity index (χ3v) is 1.67. The molecule has 0 fully saturated rings. The van der Waals surface area contributed by atoms with Gasteiger partial charge >= 0.3 is 4.83 Å². The Labute approximate surface area is 73.1 Å². The van der Waals surface area contributed by atoms with Gasteiger partial charge in [-0.25, -0.2) is 0 Å². The van der Waals surface area contributed by atoms with E-state index in [1.807, 2.05) is 6.92 Å². The van der Waals surface area contributed by atoms with Crippen molar-refractivity contribution in [1.29, 1.82) is 0 Å². The van der Waals surface area contributed by atoms with Crippen molar-refractivity contribution in [2.24, 2.45) is 0 Å². The fraction of sp³-hybridized carbons (Fsp3) is 1.00. The van der Waals surface area contributed by atoms with Crippen molar-refractivity contribution >= 4 is 15.9 Å². The van der Waals surface area contributed by atoms with E-state index in [4.69, 9.17) is 5.11 Å². The molecule has 1 unspecified atom stereocenters. The Morgan fingerprint density at radius 2 is 2.18 bits per heavy atom. The number of aliphatic hydroxyl groups excluding tert-OH is 1. The number of alkyl halides is 3. The van der Waals surface area contributed by atoms with Crippen LogP contribution < -0.4 is 5.32 Å². The van der Waals surface area contributed by atoms with Gasteiger partial charge in [-0.2, -0.15) is 8.78 Å². The van der Waals surface area contributed by atoms with Crippen molar-refractivity contribution in [3.63, 3.8) is 0 Å². The van der Waals surface area contributed by atoms with Crippen LogP contribution >= 0.6 is 15.9 Å². The normalized spacial score (nSPS) is 15.0. The molecule has 0 saturated heterocycles. The molecule has 0 aromatic rings. The molecule has 5 heteroatoms. The van der Waals surface area contributed by atoms with E-state index in [0.717, 1.165) is 6.42 Å². The summed E-state index contributed by atoms with van der Waals surface area (Å²) >= 11 is 2.07. The molecule has 0 heterocycles. The molecule has 2 nitrogen and oxygen atoms in total. The zero-order valence-corrected chi connectivity index (χ0v) is 7.87. The molecule has 0 aromatic heterocycles. The first-order valence-corrected chi connectivity index (χ1v) is 4.23. The number of halogens is 3. The Morgan fingerprint density at radius 3 is 2.55 bits per heavy atom. The quantitative estimate of drug-likeness (QED) is 0.553. The first-order valence-electron chi connectivity index (χ1n) is 3.44. The van der Waals surface area contributed by atoms with Crippen LogP contribution in [0.3, 0.4) is 0 Å². The molecular formula is C6H12BrF2NO. The van der Waals surface area contributed by atoms with Crippen LogP contribution in [0.1, 0.15) is 13.3 Å². The molecule has 0 radical (unpaired) electrons. The fourth-order valence-corrected chi connectivity index (χ4v) is 0.693. The van der Waals surface area contributed by atoms with Crippen molar-refractivity contribution in [3.8, 4) is 0 Å². The zero-order chi connectivity index (χ0) is 8.91. The van der Waals surface area contributed by atoms with E-state index in [-0.39, 0.29) is 6.54 Å². The number of rotatable bonds is 5. The Morgan fingerprint density at radius 1 is 1.64 bits per heavy atom. The molecule has 0 saturated carbocycles. The predicted molar refractivity (Wildman–Crippen MR) is 43.0 cm³/mol. The van der Waals surface area contributed by atoms with Crippen molar-refractivity contribution < 1.29 is 13.9 Å². The van der Waals surface area contributed by atoms with Gasteiger partial charge in [0.05, 0.1) is 0 Å². The maximum absolute atomic E-state index is 12.2. The van der Waals surface area contributed by atoms with Crippen LogP contribution in [0.25, 0.3) is 0 Å². The van der Waals surface area contributed by atoms with E-state index in [2.05, 4.69) is 21.2 Å². The average Bonchev–Trinajstić information content (AvgIpc) is 1.86. The third-order valence-electron chi connectivity index (χ3n) is 1.14. The first kappa shape index (κ1) is 11.3. The first-order chi connectivity index (χ1) is 4.98. The number of hydrogen-bond acceptors (Lipinski definition) is 2. The van der Waals surface area contributed by atoms with Gasteiger partial charge in [-0.05, 0) is 28.9 Å². The van der Waals surface area contributed by atoms with Crippen LogP contribution in [-0.2, 0) is 0 Å². The molecule has 2 N–H and O–H groups in total. The summed E-state index contributed by atoms with van der Waals surface area (Å²) in [5.74, 6) is 0. The highest BCUT2D eigenvalue weighted by atomic mass is 79.9. The van der Waals surface area contributed by atoms with Gasteiger partial charge in [0.2, 0.25) is 0 Å². The van der Waals surface area contributed by atoms with Crippen LogP contribution in [0.5, 0.6) is 0 Å². The SMILES string of the molecule is CCCNCC(O)C(F)(F)Br. The van der Waals surface area contributed by atoms with E-state index < -0.39 is 10.9 Å². The Kier molecular flexibility index (Phi) is 5.12. The van der Waals surface area contributed by atoms with Crippen LogP contribution in [0.15, 0.2) is 0 Å². The molecule has 0 aliphatic rings. The molecule has 0 spiro atoms. The minimum Gasteiger partial charge on any atom is -0.385 e. The van der Waals surface area contributed by atoms with Crippen LogP contribution in [0.4, 0.5) is 8.78 Å². The van der Waals surface area contributed by atoms with Gasteiger partial charge in [0.25, 0.3) is 0 Å². The van der Waals surface area contributed by atoms with Crippen LogP contribution in [0, 0.1) is 0 Å².